The van der Waals surface area contributed by atoms with Crippen LogP contribution in [0.5, 0.6) is 0 Å². The lowest BCUT2D eigenvalue weighted by Crippen LogP contribution is -2.36. The van der Waals surface area contributed by atoms with Crippen LogP contribution in [-0.4, -0.2) is 36.9 Å². The maximum Gasteiger partial charge on any atom is 0.238 e. The monoisotopic (exact) mass is 349 g/mol. The van der Waals surface area contributed by atoms with Crippen LogP contribution >= 0.6 is 11.6 Å². The molecule has 0 spiro atoms. The van der Waals surface area contributed by atoms with Gasteiger partial charge in [-0.1, -0.05) is 17.7 Å². The summed E-state index contributed by atoms with van der Waals surface area (Å²) in [7, 11) is 1.65. The van der Waals surface area contributed by atoms with Crippen molar-refractivity contribution < 1.29 is 14.0 Å². The molecule has 24 heavy (non-hydrogen) atoms. The van der Waals surface area contributed by atoms with Crippen molar-refractivity contribution >= 4 is 34.8 Å². The van der Waals surface area contributed by atoms with Gasteiger partial charge in [-0.15, -0.1) is 0 Å². The van der Waals surface area contributed by atoms with Crippen LogP contribution < -0.4 is 10.6 Å². The van der Waals surface area contributed by atoms with E-state index < -0.39 is 0 Å². The Bertz CT molecular complexity index is 722. The Morgan fingerprint density at radius 1 is 1.00 bits per heavy atom. The highest BCUT2D eigenvalue weighted by Crippen LogP contribution is 2.14. The number of hydrogen-bond donors (Lipinski definition) is 2. The summed E-state index contributed by atoms with van der Waals surface area (Å²) in [6.45, 7) is 0.0731. The molecule has 0 aliphatic carbocycles. The summed E-state index contributed by atoms with van der Waals surface area (Å²) in [6, 6.07) is 12.3. The van der Waals surface area contributed by atoms with E-state index in [2.05, 4.69) is 10.6 Å². The number of hydrogen-bond acceptors (Lipinski definition) is 3. The van der Waals surface area contributed by atoms with Crippen molar-refractivity contribution in [2.75, 3.05) is 30.8 Å². The number of carbonyl (C=O) groups excluding carboxylic acids is 2. The third-order valence-electron chi connectivity index (χ3n) is 3.06. The second-order valence-electron chi connectivity index (χ2n) is 5.29. The van der Waals surface area contributed by atoms with Gasteiger partial charge in [0.25, 0.3) is 0 Å². The summed E-state index contributed by atoms with van der Waals surface area (Å²) in [5.41, 5.74) is 1.09. The molecule has 0 atom stereocenters. The maximum absolute atomic E-state index is 12.8. The van der Waals surface area contributed by atoms with E-state index in [4.69, 9.17) is 11.6 Å². The zero-order valence-electron chi connectivity index (χ0n) is 13.1. The molecular weight excluding hydrogens is 333 g/mol. The summed E-state index contributed by atoms with van der Waals surface area (Å²) in [4.78, 5) is 25.4. The number of rotatable bonds is 6. The Balaban J connectivity index is 1.79. The van der Waals surface area contributed by atoms with Crippen LogP contribution in [0.15, 0.2) is 48.5 Å². The Kier molecular flexibility index (Phi) is 6.28. The summed E-state index contributed by atoms with van der Waals surface area (Å²) < 4.78 is 12.8. The number of carbonyl (C=O) groups is 2. The average Bonchev–Trinajstić information content (AvgIpc) is 2.49. The van der Waals surface area contributed by atoms with Crippen molar-refractivity contribution in [1.29, 1.82) is 0 Å². The fourth-order valence-electron chi connectivity index (χ4n) is 2.05. The van der Waals surface area contributed by atoms with Crippen molar-refractivity contribution in [1.82, 2.24) is 4.90 Å². The van der Waals surface area contributed by atoms with Gasteiger partial charge < -0.3 is 10.6 Å². The normalized spacial score (nSPS) is 10.5. The molecule has 0 heterocycles. The molecule has 7 heteroatoms. The van der Waals surface area contributed by atoms with Crippen LogP contribution in [0, 0.1) is 5.82 Å². The molecular formula is C17H17ClFN3O2. The first kappa shape index (κ1) is 17.9. The summed E-state index contributed by atoms with van der Waals surface area (Å²) >= 11 is 5.85. The van der Waals surface area contributed by atoms with Gasteiger partial charge in [0, 0.05) is 16.4 Å². The molecule has 2 aromatic carbocycles. The number of benzene rings is 2. The zero-order chi connectivity index (χ0) is 17.5. The molecule has 2 amide bonds. The Hall–Kier alpha value is -2.44. The molecule has 0 aromatic heterocycles. The van der Waals surface area contributed by atoms with Crippen molar-refractivity contribution in [3.63, 3.8) is 0 Å². The first-order valence-electron chi connectivity index (χ1n) is 7.22. The number of nitrogens with zero attached hydrogens (tertiary/aromatic N) is 1. The molecule has 0 saturated carbocycles. The van der Waals surface area contributed by atoms with Gasteiger partial charge in [0.05, 0.1) is 13.1 Å². The van der Waals surface area contributed by atoms with Crippen molar-refractivity contribution in [2.24, 2.45) is 0 Å². The van der Waals surface area contributed by atoms with Gasteiger partial charge in [-0.2, -0.15) is 0 Å². The molecule has 0 saturated heterocycles. The second-order valence-corrected chi connectivity index (χ2v) is 5.72. The predicted octanol–water partition coefficient (Wildman–Crippen LogP) is 2.99. The number of anilines is 2. The molecule has 0 unspecified atom stereocenters. The molecule has 0 aliphatic rings. The highest BCUT2D eigenvalue weighted by atomic mass is 35.5. The fraction of sp³-hybridized carbons (Fsp3) is 0.176. The van der Waals surface area contributed by atoms with E-state index in [0.717, 1.165) is 0 Å². The van der Waals surface area contributed by atoms with E-state index in [0.29, 0.717) is 16.4 Å². The van der Waals surface area contributed by atoms with Gasteiger partial charge >= 0.3 is 0 Å². The molecule has 0 radical (unpaired) electrons. The van der Waals surface area contributed by atoms with Crippen LogP contribution in [0.2, 0.25) is 5.02 Å². The number of halogens is 2. The lowest BCUT2D eigenvalue weighted by atomic mass is 10.3. The molecule has 0 bridgehead atoms. The Morgan fingerprint density at radius 3 is 2.17 bits per heavy atom. The summed E-state index contributed by atoms with van der Waals surface area (Å²) in [5.74, 6) is -0.920. The van der Waals surface area contributed by atoms with Gasteiger partial charge in [-0.25, -0.2) is 4.39 Å². The van der Waals surface area contributed by atoms with Crippen molar-refractivity contribution in [3.8, 4) is 0 Å². The highest BCUT2D eigenvalue weighted by Gasteiger charge is 2.11. The van der Waals surface area contributed by atoms with E-state index in [1.165, 1.54) is 24.3 Å². The number of amides is 2. The van der Waals surface area contributed by atoms with Gasteiger partial charge in [-0.3, -0.25) is 14.5 Å². The number of nitrogens with one attached hydrogen (secondary N) is 2. The molecule has 126 valence electrons. The van der Waals surface area contributed by atoms with E-state index in [9.17, 15) is 14.0 Å². The molecule has 0 aliphatic heterocycles. The maximum atomic E-state index is 12.8. The highest BCUT2D eigenvalue weighted by molar-refractivity contribution is 6.30. The summed E-state index contributed by atoms with van der Waals surface area (Å²) in [5, 5.41) is 5.87. The minimum atomic E-state index is -0.372. The van der Waals surface area contributed by atoms with E-state index >= 15 is 0 Å². The Labute approximate surface area is 144 Å². The van der Waals surface area contributed by atoms with Crippen LogP contribution in [-0.2, 0) is 9.59 Å². The molecule has 2 rings (SSSR count). The second kappa shape index (κ2) is 8.42. The molecule has 5 nitrogen and oxygen atoms in total. The quantitative estimate of drug-likeness (QED) is 0.842. The predicted molar refractivity (Wildman–Crippen MR) is 92.6 cm³/mol. The largest absolute Gasteiger partial charge is 0.325 e. The zero-order valence-corrected chi connectivity index (χ0v) is 13.8. The SMILES string of the molecule is CN(CC(=O)Nc1ccc(F)cc1)CC(=O)Nc1cccc(Cl)c1. The van der Waals surface area contributed by atoms with Crippen LogP contribution in [0.4, 0.5) is 15.8 Å². The van der Waals surface area contributed by atoms with Crippen LogP contribution in [0.3, 0.4) is 0 Å². The molecule has 0 fully saturated rings. The topological polar surface area (TPSA) is 61.4 Å². The van der Waals surface area contributed by atoms with E-state index in [1.807, 2.05) is 0 Å². The standard InChI is InChI=1S/C17H17ClFN3O2/c1-22(10-16(23)20-14-7-5-13(19)6-8-14)11-17(24)21-15-4-2-3-12(18)9-15/h2-9H,10-11H2,1H3,(H,20,23)(H,21,24). The lowest BCUT2D eigenvalue weighted by Gasteiger charge is -2.16. The summed E-state index contributed by atoms with van der Waals surface area (Å²) in [6.07, 6.45) is 0. The minimum Gasteiger partial charge on any atom is -0.325 e. The van der Waals surface area contributed by atoms with Crippen LogP contribution in [0.25, 0.3) is 0 Å². The lowest BCUT2D eigenvalue weighted by molar-refractivity contribution is -0.119. The van der Waals surface area contributed by atoms with Gasteiger partial charge in [-0.05, 0) is 49.5 Å². The van der Waals surface area contributed by atoms with Gasteiger partial charge in [0.15, 0.2) is 0 Å². The Morgan fingerprint density at radius 2 is 1.58 bits per heavy atom. The first-order chi connectivity index (χ1) is 11.4. The smallest absolute Gasteiger partial charge is 0.238 e. The van der Waals surface area contributed by atoms with Crippen molar-refractivity contribution in [2.45, 2.75) is 0 Å². The van der Waals surface area contributed by atoms with Crippen LogP contribution in [0.1, 0.15) is 0 Å². The van der Waals surface area contributed by atoms with E-state index in [1.54, 1.807) is 36.2 Å². The van der Waals surface area contributed by atoms with Crippen molar-refractivity contribution in [3.05, 3.63) is 59.4 Å². The fourth-order valence-corrected chi connectivity index (χ4v) is 2.24. The average molecular weight is 350 g/mol. The third-order valence-corrected chi connectivity index (χ3v) is 3.30. The molecule has 2 aromatic rings. The van der Waals surface area contributed by atoms with Gasteiger partial charge in [0.1, 0.15) is 5.82 Å². The van der Waals surface area contributed by atoms with Gasteiger partial charge in [0.2, 0.25) is 11.8 Å². The third kappa shape index (κ3) is 5.98. The first-order valence-corrected chi connectivity index (χ1v) is 7.59. The number of likely N-dealkylation sites (N-methyl/N-ethyl adjacent to an activating group) is 1. The minimum absolute atomic E-state index is 0.0281. The van der Waals surface area contributed by atoms with E-state index in [-0.39, 0.29) is 30.7 Å². The molecule has 2 N–H and O–H groups in total.